The lowest BCUT2D eigenvalue weighted by molar-refractivity contribution is 0.223. The SMILES string of the molecule is Cc1ccsc1C(O)c1cccc(C)c1Cl. The quantitative estimate of drug-likeness (QED) is 0.853. The summed E-state index contributed by atoms with van der Waals surface area (Å²) in [7, 11) is 0. The Hall–Kier alpha value is -0.830. The van der Waals surface area contributed by atoms with Gasteiger partial charge in [-0.2, -0.15) is 0 Å². The average molecular weight is 253 g/mol. The van der Waals surface area contributed by atoms with Crippen molar-refractivity contribution in [3.05, 3.63) is 56.2 Å². The predicted octanol–water partition coefficient (Wildman–Crippen LogP) is 4.10. The van der Waals surface area contributed by atoms with Gasteiger partial charge in [0.05, 0.1) is 0 Å². The molecule has 16 heavy (non-hydrogen) atoms. The van der Waals surface area contributed by atoms with Gasteiger partial charge in [0.25, 0.3) is 0 Å². The second-order valence-corrected chi connectivity index (χ2v) is 5.17. The van der Waals surface area contributed by atoms with Crippen molar-refractivity contribution in [1.82, 2.24) is 0 Å². The van der Waals surface area contributed by atoms with Gasteiger partial charge in [-0.05, 0) is 36.4 Å². The maximum Gasteiger partial charge on any atom is 0.115 e. The fraction of sp³-hybridized carbons (Fsp3) is 0.231. The van der Waals surface area contributed by atoms with Crippen LogP contribution in [0.2, 0.25) is 5.02 Å². The molecule has 2 aromatic rings. The molecule has 0 saturated carbocycles. The summed E-state index contributed by atoms with van der Waals surface area (Å²) < 4.78 is 0. The molecule has 1 heterocycles. The van der Waals surface area contributed by atoms with Crippen LogP contribution in [-0.4, -0.2) is 5.11 Å². The van der Waals surface area contributed by atoms with Crippen molar-refractivity contribution in [3.8, 4) is 0 Å². The van der Waals surface area contributed by atoms with Crippen molar-refractivity contribution < 1.29 is 5.11 Å². The van der Waals surface area contributed by atoms with E-state index >= 15 is 0 Å². The van der Waals surface area contributed by atoms with E-state index in [1.54, 1.807) is 11.3 Å². The van der Waals surface area contributed by atoms with Gasteiger partial charge in [0, 0.05) is 15.5 Å². The molecule has 84 valence electrons. The summed E-state index contributed by atoms with van der Waals surface area (Å²) in [6.45, 7) is 3.94. The minimum Gasteiger partial charge on any atom is -0.383 e. The van der Waals surface area contributed by atoms with Gasteiger partial charge in [-0.25, -0.2) is 0 Å². The third-order valence-electron chi connectivity index (χ3n) is 2.67. The van der Waals surface area contributed by atoms with Crippen LogP contribution in [-0.2, 0) is 0 Å². The first-order valence-electron chi connectivity index (χ1n) is 5.08. The van der Waals surface area contributed by atoms with Crippen LogP contribution in [0.4, 0.5) is 0 Å². The Morgan fingerprint density at radius 2 is 1.94 bits per heavy atom. The molecule has 0 spiro atoms. The van der Waals surface area contributed by atoms with E-state index < -0.39 is 6.10 Å². The number of aliphatic hydroxyl groups excluding tert-OH is 1. The molecule has 1 nitrogen and oxygen atoms in total. The maximum atomic E-state index is 10.3. The van der Waals surface area contributed by atoms with Crippen molar-refractivity contribution in [2.24, 2.45) is 0 Å². The lowest BCUT2D eigenvalue weighted by Gasteiger charge is -2.13. The van der Waals surface area contributed by atoms with Gasteiger partial charge in [0.2, 0.25) is 0 Å². The fourth-order valence-electron chi connectivity index (χ4n) is 1.69. The van der Waals surface area contributed by atoms with E-state index in [-0.39, 0.29) is 0 Å². The highest BCUT2D eigenvalue weighted by Crippen LogP contribution is 2.34. The van der Waals surface area contributed by atoms with Gasteiger partial charge < -0.3 is 5.11 Å². The molecule has 0 saturated heterocycles. The Balaban J connectivity index is 2.46. The number of hydrogen-bond donors (Lipinski definition) is 1. The van der Waals surface area contributed by atoms with E-state index in [1.165, 1.54) is 0 Å². The van der Waals surface area contributed by atoms with Crippen LogP contribution in [0.1, 0.15) is 27.7 Å². The zero-order valence-corrected chi connectivity index (χ0v) is 10.8. The minimum atomic E-state index is -0.618. The van der Waals surface area contributed by atoms with Crippen molar-refractivity contribution in [2.45, 2.75) is 20.0 Å². The molecule has 0 aliphatic rings. The van der Waals surface area contributed by atoms with Crippen LogP contribution in [0.3, 0.4) is 0 Å². The number of thiophene rings is 1. The molecular formula is C13H13ClOS. The maximum absolute atomic E-state index is 10.3. The van der Waals surface area contributed by atoms with Crippen LogP contribution in [0.5, 0.6) is 0 Å². The summed E-state index contributed by atoms with van der Waals surface area (Å²) in [4.78, 5) is 0.965. The summed E-state index contributed by atoms with van der Waals surface area (Å²) in [5, 5.41) is 12.9. The first-order chi connectivity index (χ1) is 7.61. The highest BCUT2D eigenvalue weighted by atomic mass is 35.5. The Morgan fingerprint density at radius 1 is 1.19 bits per heavy atom. The highest BCUT2D eigenvalue weighted by Gasteiger charge is 2.17. The third-order valence-corrected chi connectivity index (χ3v) is 4.25. The van der Waals surface area contributed by atoms with Gasteiger partial charge in [-0.1, -0.05) is 29.8 Å². The molecule has 1 unspecified atom stereocenters. The Kier molecular flexibility index (Phi) is 3.33. The minimum absolute atomic E-state index is 0.618. The molecule has 1 N–H and O–H groups in total. The average Bonchev–Trinajstić information content (AvgIpc) is 2.68. The molecule has 0 aliphatic heterocycles. The summed E-state index contributed by atoms with van der Waals surface area (Å²) in [6.07, 6.45) is -0.618. The molecule has 1 aromatic heterocycles. The first kappa shape index (κ1) is 11.6. The number of aryl methyl sites for hydroxylation is 2. The second-order valence-electron chi connectivity index (χ2n) is 3.85. The number of benzene rings is 1. The van der Waals surface area contributed by atoms with Crippen molar-refractivity contribution in [1.29, 1.82) is 0 Å². The lowest BCUT2D eigenvalue weighted by Crippen LogP contribution is -2.00. The Labute approximate surface area is 104 Å². The Morgan fingerprint density at radius 3 is 2.56 bits per heavy atom. The standard InChI is InChI=1S/C13H13ClOS/c1-8-4-3-5-10(11(8)14)12(15)13-9(2)6-7-16-13/h3-7,12,15H,1-2H3. The van der Waals surface area contributed by atoms with Crippen LogP contribution >= 0.6 is 22.9 Å². The van der Waals surface area contributed by atoms with E-state index in [4.69, 9.17) is 11.6 Å². The predicted molar refractivity (Wildman–Crippen MR) is 69.3 cm³/mol. The van der Waals surface area contributed by atoms with Crippen LogP contribution in [0.25, 0.3) is 0 Å². The summed E-state index contributed by atoms with van der Waals surface area (Å²) in [6, 6.07) is 7.74. The molecule has 0 bridgehead atoms. The van der Waals surface area contributed by atoms with Crippen molar-refractivity contribution in [3.63, 3.8) is 0 Å². The molecule has 0 fully saturated rings. The molecule has 0 radical (unpaired) electrons. The van der Waals surface area contributed by atoms with Crippen LogP contribution in [0.15, 0.2) is 29.6 Å². The number of rotatable bonds is 2. The highest BCUT2D eigenvalue weighted by molar-refractivity contribution is 7.10. The number of aliphatic hydroxyl groups is 1. The largest absolute Gasteiger partial charge is 0.383 e. The van der Waals surface area contributed by atoms with Gasteiger partial charge in [-0.15, -0.1) is 11.3 Å². The monoisotopic (exact) mass is 252 g/mol. The lowest BCUT2D eigenvalue weighted by atomic mass is 10.0. The molecule has 1 atom stereocenters. The smallest absolute Gasteiger partial charge is 0.115 e. The van der Waals surface area contributed by atoms with Gasteiger partial charge in [0.1, 0.15) is 6.10 Å². The van der Waals surface area contributed by atoms with Crippen molar-refractivity contribution >= 4 is 22.9 Å². The van der Waals surface area contributed by atoms with Gasteiger partial charge in [0.15, 0.2) is 0 Å². The molecule has 1 aromatic carbocycles. The zero-order valence-electron chi connectivity index (χ0n) is 9.20. The van der Waals surface area contributed by atoms with Gasteiger partial charge in [-0.3, -0.25) is 0 Å². The Bertz CT molecular complexity index is 504. The van der Waals surface area contributed by atoms with Gasteiger partial charge >= 0.3 is 0 Å². The molecule has 0 amide bonds. The van der Waals surface area contributed by atoms with Crippen LogP contribution in [0, 0.1) is 13.8 Å². The van der Waals surface area contributed by atoms with E-state index in [9.17, 15) is 5.11 Å². The zero-order chi connectivity index (χ0) is 11.7. The summed E-state index contributed by atoms with van der Waals surface area (Å²) in [5.41, 5.74) is 2.88. The summed E-state index contributed by atoms with van der Waals surface area (Å²) in [5.74, 6) is 0. The van der Waals surface area contributed by atoms with Crippen LogP contribution < -0.4 is 0 Å². The molecule has 0 aliphatic carbocycles. The first-order valence-corrected chi connectivity index (χ1v) is 6.34. The molecular weight excluding hydrogens is 240 g/mol. The second kappa shape index (κ2) is 4.58. The third kappa shape index (κ3) is 2.01. The molecule has 3 heteroatoms. The van der Waals surface area contributed by atoms with E-state index in [0.717, 1.165) is 21.6 Å². The summed E-state index contributed by atoms with van der Waals surface area (Å²) >= 11 is 7.76. The molecule has 2 rings (SSSR count). The van der Waals surface area contributed by atoms with E-state index in [0.29, 0.717) is 5.02 Å². The van der Waals surface area contributed by atoms with E-state index in [1.807, 2.05) is 43.5 Å². The normalized spacial score (nSPS) is 12.8. The number of hydrogen-bond acceptors (Lipinski definition) is 2. The number of halogens is 1. The van der Waals surface area contributed by atoms with E-state index in [2.05, 4.69) is 0 Å². The van der Waals surface area contributed by atoms with Crippen molar-refractivity contribution in [2.75, 3.05) is 0 Å². The topological polar surface area (TPSA) is 20.2 Å². The fourth-order valence-corrected chi connectivity index (χ4v) is 2.85.